The summed E-state index contributed by atoms with van der Waals surface area (Å²) >= 11 is 0. The van der Waals surface area contributed by atoms with Crippen LogP contribution in [0.4, 0.5) is 0 Å². The van der Waals surface area contributed by atoms with Gasteiger partial charge in [0, 0.05) is 0 Å². The zero-order valence-electron chi connectivity index (χ0n) is 21.6. The SMILES string of the molecule is O[C@@H]([C@H](/C=C/c1ccccc1)OC(c1ccccc1)(c1ccccc1)c1ccccc1)[C@@H](O)c1ccccc1. The summed E-state index contributed by atoms with van der Waals surface area (Å²) in [5.74, 6) is 0. The van der Waals surface area contributed by atoms with Crippen molar-refractivity contribution in [3.63, 3.8) is 0 Å². The molecule has 194 valence electrons. The molecule has 5 rings (SSSR count). The second-order valence-corrected chi connectivity index (χ2v) is 9.48. The van der Waals surface area contributed by atoms with Gasteiger partial charge in [-0.2, -0.15) is 0 Å². The lowest BCUT2D eigenvalue weighted by molar-refractivity contribution is -0.114. The minimum atomic E-state index is -1.25. The predicted molar refractivity (Wildman–Crippen MR) is 157 cm³/mol. The van der Waals surface area contributed by atoms with Crippen LogP contribution >= 0.6 is 0 Å². The molecule has 0 bridgehead atoms. The fraction of sp³-hybridized carbons (Fsp3) is 0.111. The Morgan fingerprint density at radius 2 is 0.897 bits per heavy atom. The molecule has 3 atom stereocenters. The highest BCUT2D eigenvalue weighted by molar-refractivity contribution is 5.51. The van der Waals surface area contributed by atoms with Crippen molar-refractivity contribution in [2.24, 2.45) is 0 Å². The summed E-state index contributed by atoms with van der Waals surface area (Å²) in [7, 11) is 0. The summed E-state index contributed by atoms with van der Waals surface area (Å²) < 4.78 is 7.13. The van der Waals surface area contributed by atoms with Gasteiger partial charge in [0.15, 0.2) is 0 Å². The molecule has 5 aromatic rings. The Hall–Kier alpha value is -4.28. The molecular weight excluding hydrogens is 480 g/mol. The molecule has 0 aliphatic carbocycles. The number of aliphatic hydroxyl groups is 2. The number of hydrogen-bond donors (Lipinski definition) is 2. The van der Waals surface area contributed by atoms with Crippen LogP contribution in [0.15, 0.2) is 158 Å². The Kier molecular flexibility index (Phi) is 8.45. The summed E-state index contributed by atoms with van der Waals surface area (Å²) in [6.45, 7) is 0. The highest BCUT2D eigenvalue weighted by atomic mass is 16.5. The minimum absolute atomic E-state index is 0.622. The first-order chi connectivity index (χ1) is 19.2. The molecule has 5 aromatic carbocycles. The second-order valence-electron chi connectivity index (χ2n) is 9.48. The average molecular weight is 513 g/mol. The van der Waals surface area contributed by atoms with Crippen molar-refractivity contribution in [2.75, 3.05) is 0 Å². The van der Waals surface area contributed by atoms with Gasteiger partial charge in [-0.1, -0.05) is 164 Å². The van der Waals surface area contributed by atoms with Crippen LogP contribution in [0.25, 0.3) is 6.08 Å². The Labute approximate surface area is 230 Å². The zero-order valence-corrected chi connectivity index (χ0v) is 21.6. The second kappa shape index (κ2) is 12.5. The monoisotopic (exact) mass is 512 g/mol. The zero-order chi connectivity index (χ0) is 26.9. The minimum Gasteiger partial charge on any atom is -0.387 e. The fourth-order valence-electron chi connectivity index (χ4n) is 4.95. The predicted octanol–water partition coefficient (Wildman–Crippen LogP) is 7.17. The molecule has 0 saturated heterocycles. The maximum absolute atomic E-state index is 11.7. The van der Waals surface area contributed by atoms with E-state index < -0.39 is 23.9 Å². The summed E-state index contributed by atoms with van der Waals surface area (Å²) in [6.07, 6.45) is 0.494. The van der Waals surface area contributed by atoms with Gasteiger partial charge < -0.3 is 14.9 Å². The Balaban J connectivity index is 1.67. The van der Waals surface area contributed by atoms with Gasteiger partial charge in [-0.05, 0) is 27.8 Å². The van der Waals surface area contributed by atoms with Gasteiger partial charge >= 0.3 is 0 Å². The summed E-state index contributed by atoms with van der Waals surface area (Å²) in [4.78, 5) is 0. The van der Waals surface area contributed by atoms with E-state index in [-0.39, 0.29) is 0 Å². The van der Waals surface area contributed by atoms with Crippen molar-refractivity contribution in [3.05, 3.63) is 186 Å². The van der Waals surface area contributed by atoms with E-state index in [1.54, 1.807) is 0 Å². The van der Waals surface area contributed by atoms with Crippen LogP contribution in [0.1, 0.15) is 33.9 Å². The molecule has 0 aromatic heterocycles. The van der Waals surface area contributed by atoms with Crippen molar-refractivity contribution in [1.29, 1.82) is 0 Å². The standard InChI is InChI=1S/C36H32O3/c37-34(29-18-8-2-9-19-29)35(38)33(27-26-28-16-6-1-7-17-28)39-36(30-20-10-3-11-21-30,31-22-12-4-13-23-31)32-24-14-5-15-25-32/h1-27,33-35,37-38H/b27-26+/t33-,34-,35-/m0/s1. The molecule has 0 spiro atoms. The highest BCUT2D eigenvalue weighted by Crippen LogP contribution is 2.42. The van der Waals surface area contributed by atoms with E-state index in [9.17, 15) is 10.2 Å². The molecular formula is C36H32O3. The molecule has 39 heavy (non-hydrogen) atoms. The molecule has 0 saturated carbocycles. The van der Waals surface area contributed by atoms with E-state index >= 15 is 0 Å². The molecule has 3 nitrogen and oxygen atoms in total. The van der Waals surface area contributed by atoms with Crippen LogP contribution in [-0.4, -0.2) is 22.4 Å². The van der Waals surface area contributed by atoms with Crippen molar-refractivity contribution in [2.45, 2.75) is 23.9 Å². The number of benzene rings is 5. The maximum atomic E-state index is 11.7. The molecule has 2 N–H and O–H groups in total. The van der Waals surface area contributed by atoms with Crippen LogP contribution in [0.5, 0.6) is 0 Å². The van der Waals surface area contributed by atoms with E-state index in [0.717, 1.165) is 22.3 Å². The first-order valence-corrected chi connectivity index (χ1v) is 13.2. The first-order valence-electron chi connectivity index (χ1n) is 13.2. The van der Waals surface area contributed by atoms with Gasteiger partial charge in [-0.3, -0.25) is 0 Å². The van der Waals surface area contributed by atoms with E-state index in [4.69, 9.17) is 4.74 Å². The molecule has 0 aliphatic rings. The molecule has 0 amide bonds. The van der Waals surface area contributed by atoms with Crippen molar-refractivity contribution in [3.8, 4) is 0 Å². The number of rotatable bonds is 10. The number of hydrogen-bond acceptors (Lipinski definition) is 3. The Morgan fingerprint density at radius 1 is 0.513 bits per heavy atom. The normalized spacial score (nSPS) is 14.1. The quantitative estimate of drug-likeness (QED) is 0.195. The van der Waals surface area contributed by atoms with Crippen LogP contribution < -0.4 is 0 Å². The molecule has 3 heteroatoms. The Morgan fingerprint density at radius 3 is 1.33 bits per heavy atom. The smallest absolute Gasteiger partial charge is 0.144 e. The summed E-state index contributed by atoms with van der Waals surface area (Å²) in [5.41, 5.74) is 3.28. The highest BCUT2D eigenvalue weighted by Gasteiger charge is 2.42. The first kappa shape index (κ1) is 26.3. The van der Waals surface area contributed by atoms with Crippen molar-refractivity contribution < 1.29 is 14.9 Å². The molecule has 0 heterocycles. The number of ether oxygens (including phenoxy) is 1. The fourth-order valence-corrected chi connectivity index (χ4v) is 4.95. The Bertz CT molecular complexity index is 1340. The molecule has 0 aliphatic heterocycles. The van der Waals surface area contributed by atoms with Gasteiger partial charge in [0.2, 0.25) is 0 Å². The van der Waals surface area contributed by atoms with Gasteiger partial charge in [0.25, 0.3) is 0 Å². The van der Waals surface area contributed by atoms with Gasteiger partial charge in [0.1, 0.15) is 23.9 Å². The average Bonchev–Trinajstić information content (AvgIpc) is 3.03. The van der Waals surface area contributed by atoms with E-state index in [1.807, 2.05) is 164 Å². The molecule has 0 fully saturated rings. The summed E-state index contributed by atoms with van der Waals surface area (Å²) in [6, 6.07) is 49.2. The van der Waals surface area contributed by atoms with Crippen LogP contribution in [-0.2, 0) is 10.3 Å². The molecule has 0 unspecified atom stereocenters. The van der Waals surface area contributed by atoms with E-state index in [1.165, 1.54) is 0 Å². The van der Waals surface area contributed by atoms with Crippen molar-refractivity contribution in [1.82, 2.24) is 0 Å². The third kappa shape index (κ3) is 5.92. The lowest BCUT2D eigenvalue weighted by Crippen LogP contribution is -2.42. The van der Waals surface area contributed by atoms with Crippen LogP contribution in [0.3, 0.4) is 0 Å². The maximum Gasteiger partial charge on any atom is 0.144 e. The number of aliphatic hydroxyl groups excluding tert-OH is 2. The third-order valence-corrected chi connectivity index (χ3v) is 6.93. The van der Waals surface area contributed by atoms with Crippen LogP contribution in [0.2, 0.25) is 0 Å². The topological polar surface area (TPSA) is 49.7 Å². The van der Waals surface area contributed by atoms with E-state index in [0.29, 0.717) is 5.56 Å². The third-order valence-electron chi connectivity index (χ3n) is 6.93. The van der Waals surface area contributed by atoms with Gasteiger partial charge in [0.05, 0.1) is 0 Å². The largest absolute Gasteiger partial charge is 0.387 e. The van der Waals surface area contributed by atoms with Gasteiger partial charge in [-0.25, -0.2) is 0 Å². The lowest BCUT2D eigenvalue weighted by Gasteiger charge is -2.40. The van der Waals surface area contributed by atoms with Crippen molar-refractivity contribution >= 4 is 6.08 Å². The van der Waals surface area contributed by atoms with E-state index in [2.05, 4.69) is 0 Å². The molecule has 0 radical (unpaired) electrons. The van der Waals surface area contributed by atoms with Gasteiger partial charge in [-0.15, -0.1) is 0 Å². The van der Waals surface area contributed by atoms with Crippen LogP contribution in [0, 0.1) is 0 Å². The lowest BCUT2D eigenvalue weighted by atomic mass is 9.79. The summed E-state index contributed by atoms with van der Waals surface area (Å²) in [5, 5.41) is 23.0.